The molecule has 1 fully saturated rings. The Morgan fingerprint density at radius 1 is 1.20 bits per heavy atom. The molecule has 0 heterocycles. The van der Waals surface area contributed by atoms with Gasteiger partial charge in [-0.3, -0.25) is 0 Å². The van der Waals surface area contributed by atoms with E-state index in [9.17, 15) is 0 Å². The molecule has 1 rings (SSSR count). The van der Waals surface area contributed by atoms with Gasteiger partial charge in [0.05, 0.1) is 0 Å². The summed E-state index contributed by atoms with van der Waals surface area (Å²) in [5.41, 5.74) is 0. The van der Waals surface area contributed by atoms with Gasteiger partial charge in [0, 0.05) is 11.9 Å². The van der Waals surface area contributed by atoms with Crippen molar-refractivity contribution in [3.63, 3.8) is 0 Å². The van der Waals surface area contributed by atoms with Gasteiger partial charge in [0.15, 0.2) is 0 Å². The van der Waals surface area contributed by atoms with Gasteiger partial charge in [-0.25, -0.2) is 0 Å². The van der Waals surface area contributed by atoms with E-state index in [0.29, 0.717) is 0 Å². The van der Waals surface area contributed by atoms with Crippen molar-refractivity contribution < 1.29 is 0 Å². The minimum absolute atomic E-state index is 0.783. The number of nitrogens with one attached hydrogen (secondary N) is 1. The summed E-state index contributed by atoms with van der Waals surface area (Å²) in [6, 6.07) is 0.789. The second-order valence-electron chi connectivity index (χ2n) is 4.85. The second kappa shape index (κ2) is 8.41. The van der Waals surface area contributed by atoms with Crippen LogP contribution in [0, 0.1) is 5.92 Å². The van der Waals surface area contributed by atoms with Crippen LogP contribution < -0.4 is 5.32 Å². The van der Waals surface area contributed by atoms with E-state index in [-0.39, 0.29) is 0 Å². The highest BCUT2D eigenvalue weighted by Crippen LogP contribution is 2.18. The maximum absolute atomic E-state index is 5.79. The summed E-state index contributed by atoms with van der Waals surface area (Å²) in [7, 11) is 0. The second-order valence-corrected chi connectivity index (χ2v) is 5.23. The fraction of sp³-hybridized carbons (Fsp3) is 1.00. The van der Waals surface area contributed by atoms with Crippen LogP contribution in [0.1, 0.15) is 58.3 Å². The van der Waals surface area contributed by atoms with E-state index in [1.165, 1.54) is 51.5 Å². The lowest BCUT2D eigenvalue weighted by atomic mass is 10.0. The van der Waals surface area contributed by atoms with Crippen LogP contribution in [-0.2, 0) is 0 Å². The van der Waals surface area contributed by atoms with Crippen LogP contribution in [0.25, 0.3) is 0 Å². The van der Waals surface area contributed by atoms with E-state index >= 15 is 0 Å². The molecule has 0 aliphatic heterocycles. The molecule has 0 radical (unpaired) electrons. The molecular weight excluding hydrogens is 206 g/mol. The largest absolute Gasteiger partial charge is 0.314 e. The van der Waals surface area contributed by atoms with Crippen molar-refractivity contribution in [1.82, 2.24) is 5.32 Å². The third-order valence-corrected chi connectivity index (χ3v) is 3.86. The van der Waals surface area contributed by atoms with Gasteiger partial charge in [-0.2, -0.15) is 0 Å². The molecule has 1 atom stereocenters. The van der Waals surface area contributed by atoms with Crippen molar-refractivity contribution in [2.24, 2.45) is 5.92 Å². The van der Waals surface area contributed by atoms with E-state index in [1.54, 1.807) is 0 Å². The van der Waals surface area contributed by atoms with Crippen LogP contribution in [0.4, 0.5) is 0 Å². The fourth-order valence-electron chi connectivity index (χ4n) is 2.42. The summed E-state index contributed by atoms with van der Waals surface area (Å²) < 4.78 is 0. The van der Waals surface area contributed by atoms with Crippen LogP contribution in [0.15, 0.2) is 0 Å². The number of hydrogen-bond donors (Lipinski definition) is 1. The smallest absolute Gasteiger partial charge is 0.0226 e. The minimum atomic E-state index is 0.783. The van der Waals surface area contributed by atoms with Crippen LogP contribution in [0.3, 0.4) is 0 Å². The summed E-state index contributed by atoms with van der Waals surface area (Å²) in [4.78, 5) is 0. The zero-order valence-corrected chi connectivity index (χ0v) is 10.9. The van der Waals surface area contributed by atoms with Gasteiger partial charge >= 0.3 is 0 Å². The molecule has 0 aromatic carbocycles. The predicted octanol–water partition coefficient (Wildman–Crippen LogP) is 3.95. The number of rotatable bonds is 6. The van der Waals surface area contributed by atoms with Crippen molar-refractivity contribution in [1.29, 1.82) is 0 Å². The van der Waals surface area contributed by atoms with Crippen LogP contribution in [0.2, 0.25) is 0 Å². The van der Waals surface area contributed by atoms with Gasteiger partial charge in [-0.15, -0.1) is 11.6 Å². The van der Waals surface area contributed by atoms with Crippen LogP contribution in [0.5, 0.6) is 0 Å². The summed E-state index contributed by atoms with van der Waals surface area (Å²) >= 11 is 5.79. The third kappa shape index (κ3) is 5.77. The lowest BCUT2D eigenvalue weighted by Gasteiger charge is -2.20. The molecule has 0 bridgehead atoms. The molecule has 1 nitrogen and oxygen atoms in total. The van der Waals surface area contributed by atoms with Gasteiger partial charge in [-0.1, -0.05) is 39.0 Å². The van der Waals surface area contributed by atoms with Gasteiger partial charge in [0.2, 0.25) is 0 Å². The Bertz CT molecular complexity index is 141. The Hall–Kier alpha value is 0.250. The van der Waals surface area contributed by atoms with Crippen LogP contribution >= 0.6 is 11.6 Å². The zero-order valence-electron chi connectivity index (χ0n) is 10.1. The van der Waals surface area contributed by atoms with Crippen molar-refractivity contribution in [3.8, 4) is 0 Å². The number of hydrogen-bond acceptors (Lipinski definition) is 1. The highest BCUT2D eigenvalue weighted by Gasteiger charge is 2.13. The first-order chi connectivity index (χ1) is 7.36. The first-order valence-corrected chi connectivity index (χ1v) is 7.19. The molecular formula is C13H26ClN. The molecule has 1 unspecified atom stereocenters. The SMILES string of the molecule is CCC(CCCl)CNC1CCCCCC1. The van der Waals surface area contributed by atoms with E-state index in [2.05, 4.69) is 12.2 Å². The molecule has 0 aromatic rings. The van der Waals surface area contributed by atoms with Gasteiger partial charge in [0.25, 0.3) is 0 Å². The highest BCUT2D eigenvalue weighted by atomic mass is 35.5. The lowest BCUT2D eigenvalue weighted by Crippen LogP contribution is -2.33. The molecule has 90 valence electrons. The fourth-order valence-corrected chi connectivity index (χ4v) is 2.73. The standard InChI is InChI=1S/C13H26ClN/c1-2-12(9-10-14)11-15-13-7-5-3-4-6-8-13/h12-13,15H,2-11H2,1H3. The molecule has 1 aliphatic rings. The Balaban J connectivity index is 2.15. The Kier molecular flexibility index (Phi) is 7.46. The van der Waals surface area contributed by atoms with Crippen LogP contribution in [-0.4, -0.2) is 18.5 Å². The average molecular weight is 232 g/mol. The zero-order chi connectivity index (χ0) is 10.9. The van der Waals surface area contributed by atoms with Crippen molar-refractivity contribution in [3.05, 3.63) is 0 Å². The number of halogens is 1. The van der Waals surface area contributed by atoms with E-state index in [0.717, 1.165) is 24.3 Å². The maximum atomic E-state index is 5.79. The summed E-state index contributed by atoms with van der Waals surface area (Å²) in [6.07, 6.45) is 10.9. The minimum Gasteiger partial charge on any atom is -0.314 e. The summed E-state index contributed by atoms with van der Waals surface area (Å²) in [5, 5.41) is 3.74. The Labute approximate surface area is 100.0 Å². The normalized spacial score (nSPS) is 21.2. The average Bonchev–Trinajstić information content (AvgIpc) is 2.52. The molecule has 2 heteroatoms. The molecule has 0 saturated heterocycles. The van der Waals surface area contributed by atoms with Gasteiger partial charge in [-0.05, 0) is 31.7 Å². The maximum Gasteiger partial charge on any atom is 0.0226 e. The first-order valence-electron chi connectivity index (χ1n) is 6.66. The third-order valence-electron chi connectivity index (χ3n) is 3.65. The molecule has 15 heavy (non-hydrogen) atoms. The predicted molar refractivity (Wildman–Crippen MR) is 68.6 cm³/mol. The van der Waals surface area contributed by atoms with Crippen molar-refractivity contribution in [2.45, 2.75) is 64.3 Å². The molecule has 1 N–H and O–H groups in total. The van der Waals surface area contributed by atoms with Gasteiger partial charge in [0.1, 0.15) is 0 Å². The molecule has 0 amide bonds. The monoisotopic (exact) mass is 231 g/mol. The number of alkyl halides is 1. The van der Waals surface area contributed by atoms with Crippen molar-refractivity contribution >= 4 is 11.6 Å². The molecule has 1 saturated carbocycles. The lowest BCUT2D eigenvalue weighted by molar-refractivity contribution is 0.386. The Morgan fingerprint density at radius 3 is 2.40 bits per heavy atom. The molecule has 1 aliphatic carbocycles. The highest BCUT2D eigenvalue weighted by molar-refractivity contribution is 6.17. The quantitative estimate of drug-likeness (QED) is 0.539. The van der Waals surface area contributed by atoms with E-state index in [1.807, 2.05) is 0 Å². The first kappa shape index (κ1) is 13.3. The van der Waals surface area contributed by atoms with Crippen molar-refractivity contribution in [2.75, 3.05) is 12.4 Å². The Morgan fingerprint density at radius 2 is 1.87 bits per heavy atom. The summed E-state index contributed by atoms with van der Waals surface area (Å²) in [6.45, 7) is 3.44. The van der Waals surface area contributed by atoms with Gasteiger partial charge < -0.3 is 5.32 Å². The molecule has 0 spiro atoms. The topological polar surface area (TPSA) is 12.0 Å². The van der Waals surface area contributed by atoms with E-state index in [4.69, 9.17) is 11.6 Å². The van der Waals surface area contributed by atoms with E-state index < -0.39 is 0 Å². The summed E-state index contributed by atoms with van der Waals surface area (Å²) in [5.74, 6) is 1.59. The molecule has 0 aromatic heterocycles.